The number of hydrogen-bond donors (Lipinski definition) is 2. The third-order valence-electron chi connectivity index (χ3n) is 2.03. The highest BCUT2D eigenvalue weighted by molar-refractivity contribution is 6.30. The highest BCUT2D eigenvalue weighted by atomic mass is 35.5. The van der Waals surface area contributed by atoms with Crippen LogP contribution in [0.4, 0.5) is 5.82 Å². The molecular weight excluding hydrogens is 214 g/mol. The first-order valence-corrected chi connectivity index (χ1v) is 5.13. The Kier molecular flexibility index (Phi) is 4.52. The molecule has 4 nitrogen and oxygen atoms in total. The molecule has 1 rings (SSSR count). The van der Waals surface area contributed by atoms with E-state index in [-0.39, 0.29) is 11.8 Å². The predicted molar refractivity (Wildman–Crippen MR) is 60.7 cm³/mol. The number of hydrogen-bond acceptors (Lipinski definition) is 3. The third kappa shape index (κ3) is 3.85. The Hall–Kier alpha value is -1.13. The number of rotatable bonds is 4. The van der Waals surface area contributed by atoms with E-state index < -0.39 is 0 Å². The Morgan fingerprint density at radius 1 is 1.67 bits per heavy atom. The molecule has 82 valence electrons. The van der Waals surface area contributed by atoms with Crippen LogP contribution in [-0.2, 0) is 4.79 Å². The maximum Gasteiger partial charge on any atom is 0.228 e. The first-order chi connectivity index (χ1) is 7.13. The van der Waals surface area contributed by atoms with E-state index in [0.717, 1.165) is 0 Å². The lowest BCUT2D eigenvalue weighted by atomic mass is 10.1. The van der Waals surface area contributed by atoms with Crippen molar-refractivity contribution in [2.24, 2.45) is 11.7 Å². The van der Waals surface area contributed by atoms with Crippen molar-refractivity contribution in [2.75, 3.05) is 11.9 Å². The second-order valence-electron chi connectivity index (χ2n) is 3.33. The molecule has 0 saturated carbocycles. The lowest BCUT2D eigenvalue weighted by Crippen LogP contribution is -2.23. The van der Waals surface area contributed by atoms with Gasteiger partial charge in [-0.1, -0.05) is 18.5 Å². The average molecular weight is 228 g/mol. The number of carbonyl (C=O) groups excluding carboxylic acids is 1. The van der Waals surface area contributed by atoms with Crippen LogP contribution in [0.2, 0.25) is 5.02 Å². The first kappa shape index (κ1) is 11.9. The molecule has 1 unspecified atom stereocenters. The Morgan fingerprint density at radius 2 is 2.40 bits per heavy atom. The summed E-state index contributed by atoms with van der Waals surface area (Å²) < 4.78 is 0. The van der Waals surface area contributed by atoms with E-state index in [1.54, 1.807) is 12.1 Å². The van der Waals surface area contributed by atoms with Gasteiger partial charge in [0.25, 0.3) is 0 Å². The summed E-state index contributed by atoms with van der Waals surface area (Å²) in [4.78, 5) is 15.5. The van der Waals surface area contributed by atoms with Crippen molar-refractivity contribution >= 4 is 23.3 Å². The van der Waals surface area contributed by atoms with Crippen LogP contribution in [0.3, 0.4) is 0 Å². The number of amides is 1. The fraction of sp³-hybridized carbons (Fsp3) is 0.400. The van der Waals surface area contributed by atoms with Gasteiger partial charge >= 0.3 is 0 Å². The van der Waals surface area contributed by atoms with Crippen LogP contribution in [-0.4, -0.2) is 17.4 Å². The fourth-order valence-corrected chi connectivity index (χ4v) is 1.19. The molecule has 0 radical (unpaired) electrons. The molecule has 1 aromatic rings. The van der Waals surface area contributed by atoms with Crippen molar-refractivity contribution in [3.8, 4) is 0 Å². The molecule has 0 saturated heterocycles. The monoisotopic (exact) mass is 227 g/mol. The second-order valence-corrected chi connectivity index (χ2v) is 3.77. The van der Waals surface area contributed by atoms with E-state index in [1.165, 1.54) is 6.20 Å². The van der Waals surface area contributed by atoms with Gasteiger partial charge < -0.3 is 11.1 Å². The van der Waals surface area contributed by atoms with Gasteiger partial charge in [-0.3, -0.25) is 4.79 Å². The largest absolute Gasteiger partial charge is 0.330 e. The summed E-state index contributed by atoms with van der Waals surface area (Å²) >= 11 is 5.67. The molecule has 0 aliphatic carbocycles. The van der Waals surface area contributed by atoms with Crippen molar-refractivity contribution in [1.29, 1.82) is 0 Å². The molecular formula is C10H14ClN3O. The summed E-state index contributed by atoms with van der Waals surface area (Å²) in [5, 5.41) is 3.23. The number of halogens is 1. The van der Waals surface area contributed by atoms with Crippen LogP contribution in [0.1, 0.15) is 13.3 Å². The van der Waals surface area contributed by atoms with Gasteiger partial charge in [0, 0.05) is 12.1 Å². The lowest BCUT2D eigenvalue weighted by molar-refractivity contribution is -0.119. The number of nitrogens with two attached hydrogens (primary N) is 1. The fourth-order valence-electron chi connectivity index (χ4n) is 1.08. The molecule has 15 heavy (non-hydrogen) atoms. The molecule has 0 aromatic carbocycles. The normalized spacial score (nSPS) is 12.2. The van der Waals surface area contributed by atoms with Crippen LogP contribution in [0.15, 0.2) is 18.3 Å². The number of aromatic nitrogens is 1. The number of nitrogens with zero attached hydrogens (tertiary/aromatic N) is 1. The Morgan fingerprint density at radius 3 is 2.93 bits per heavy atom. The van der Waals surface area contributed by atoms with E-state index in [2.05, 4.69) is 10.3 Å². The van der Waals surface area contributed by atoms with Gasteiger partial charge in [-0.15, -0.1) is 0 Å². The molecule has 0 aliphatic heterocycles. The third-order valence-corrected chi connectivity index (χ3v) is 2.25. The average Bonchev–Trinajstić information content (AvgIpc) is 2.22. The van der Waals surface area contributed by atoms with Crippen molar-refractivity contribution in [1.82, 2.24) is 4.98 Å². The maximum atomic E-state index is 11.5. The number of pyridine rings is 1. The standard InChI is InChI=1S/C10H14ClN3O/c1-7(4-5-12)10(15)14-9-3-2-8(11)6-13-9/h2-3,6-7H,4-5,12H2,1H3,(H,13,14,15). The van der Waals surface area contributed by atoms with Crippen LogP contribution in [0, 0.1) is 5.92 Å². The van der Waals surface area contributed by atoms with Gasteiger partial charge in [0.15, 0.2) is 0 Å². The number of nitrogens with one attached hydrogen (secondary N) is 1. The van der Waals surface area contributed by atoms with Crippen LogP contribution in [0.25, 0.3) is 0 Å². The minimum Gasteiger partial charge on any atom is -0.330 e. The van der Waals surface area contributed by atoms with Crippen molar-refractivity contribution in [3.05, 3.63) is 23.4 Å². The molecule has 1 amide bonds. The Bertz CT molecular complexity index is 326. The van der Waals surface area contributed by atoms with E-state index in [9.17, 15) is 4.79 Å². The molecule has 0 fully saturated rings. The summed E-state index contributed by atoms with van der Waals surface area (Å²) in [6.45, 7) is 2.33. The van der Waals surface area contributed by atoms with Crippen LogP contribution < -0.4 is 11.1 Å². The smallest absolute Gasteiger partial charge is 0.228 e. The minimum atomic E-state index is -0.104. The van der Waals surface area contributed by atoms with Crippen LogP contribution >= 0.6 is 11.6 Å². The van der Waals surface area contributed by atoms with Crippen molar-refractivity contribution < 1.29 is 4.79 Å². The Labute approximate surface area is 93.8 Å². The van der Waals surface area contributed by atoms with Crippen molar-refractivity contribution in [2.45, 2.75) is 13.3 Å². The number of carbonyl (C=O) groups is 1. The molecule has 0 aliphatic rings. The summed E-state index contributed by atoms with van der Waals surface area (Å²) in [6.07, 6.45) is 2.16. The van der Waals surface area contributed by atoms with E-state index in [0.29, 0.717) is 23.8 Å². The van der Waals surface area contributed by atoms with Gasteiger partial charge in [0.05, 0.1) is 5.02 Å². The quantitative estimate of drug-likeness (QED) is 0.822. The molecule has 1 heterocycles. The molecule has 0 bridgehead atoms. The first-order valence-electron chi connectivity index (χ1n) is 4.76. The van der Waals surface area contributed by atoms with E-state index >= 15 is 0 Å². The highest BCUT2D eigenvalue weighted by Gasteiger charge is 2.11. The summed E-state index contributed by atoms with van der Waals surface area (Å²) in [5.41, 5.74) is 5.37. The zero-order chi connectivity index (χ0) is 11.3. The van der Waals surface area contributed by atoms with E-state index in [4.69, 9.17) is 17.3 Å². The van der Waals surface area contributed by atoms with Crippen molar-refractivity contribution in [3.63, 3.8) is 0 Å². The maximum absolute atomic E-state index is 11.5. The summed E-state index contributed by atoms with van der Waals surface area (Å²) in [5.74, 6) is 0.330. The van der Waals surface area contributed by atoms with Gasteiger partial charge in [0.1, 0.15) is 5.82 Å². The summed E-state index contributed by atoms with van der Waals surface area (Å²) in [7, 11) is 0. The molecule has 3 N–H and O–H groups in total. The lowest BCUT2D eigenvalue weighted by Gasteiger charge is -2.10. The SMILES string of the molecule is CC(CCN)C(=O)Nc1ccc(Cl)cn1. The molecule has 1 aromatic heterocycles. The second kappa shape index (κ2) is 5.68. The topological polar surface area (TPSA) is 68.0 Å². The molecule has 0 spiro atoms. The summed E-state index contributed by atoms with van der Waals surface area (Å²) in [6, 6.07) is 3.34. The van der Waals surface area contributed by atoms with Gasteiger partial charge in [-0.2, -0.15) is 0 Å². The minimum absolute atomic E-state index is 0.0738. The molecule has 5 heteroatoms. The predicted octanol–water partition coefficient (Wildman–Crippen LogP) is 1.66. The van der Waals surface area contributed by atoms with Crippen LogP contribution in [0.5, 0.6) is 0 Å². The number of anilines is 1. The highest BCUT2D eigenvalue weighted by Crippen LogP contribution is 2.11. The Balaban J connectivity index is 2.54. The van der Waals surface area contributed by atoms with Gasteiger partial charge in [-0.25, -0.2) is 4.98 Å². The van der Waals surface area contributed by atoms with Gasteiger partial charge in [-0.05, 0) is 25.1 Å². The molecule has 1 atom stereocenters. The zero-order valence-corrected chi connectivity index (χ0v) is 9.29. The van der Waals surface area contributed by atoms with Gasteiger partial charge in [0.2, 0.25) is 5.91 Å². The van der Waals surface area contributed by atoms with E-state index in [1.807, 2.05) is 6.92 Å². The zero-order valence-electron chi connectivity index (χ0n) is 8.53.